The van der Waals surface area contributed by atoms with Crippen LogP contribution in [0.2, 0.25) is 5.28 Å². The van der Waals surface area contributed by atoms with Crippen LogP contribution in [-0.2, 0) is 11.2 Å². The highest BCUT2D eigenvalue weighted by Gasteiger charge is 2.07. The maximum Gasteiger partial charge on any atom is 0.341 e. The molecule has 1 heterocycles. The van der Waals surface area contributed by atoms with Crippen molar-refractivity contribution < 1.29 is 14.6 Å². The van der Waals surface area contributed by atoms with Gasteiger partial charge in [-0.2, -0.15) is 0 Å². The van der Waals surface area contributed by atoms with E-state index in [2.05, 4.69) is 9.97 Å². The van der Waals surface area contributed by atoms with E-state index in [1.165, 1.54) is 6.20 Å². The second-order valence-electron chi connectivity index (χ2n) is 2.49. The van der Waals surface area contributed by atoms with Gasteiger partial charge in [0.1, 0.15) is 0 Å². The number of hydrogen-bond donors (Lipinski definition) is 1. The molecule has 0 amide bonds. The van der Waals surface area contributed by atoms with Gasteiger partial charge in [0.05, 0.1) is 11.9 Å². The van der Waals surface area contributed by atoms with Gasteiger partial charge in [0, 0.05) is 0 Å². The Hall–Kier alpha value is -1.36. The van der Waals surface area contributed by atoms with Crippen LogP contribution in [0.15, 0.2) is 6.20 Å². The van der Waals surface area contributed by atoms with Gasteiger partial charge in [0.15, 0.2) is 12.4 Å². The minimum atomic E-state index is -1.04. The molecule has 0 aliphatic carbocycles. The van der Waals surface area contributed by atoms with E-state index in [1.54, 1.807) is 0 Å². The molecule has 0 bridgehead atoms. The highest BCUT2D eigenvalue weighted by Crippen LogP contribution is 2.17. The molecule has 0 radical (unpaired) electrons. The molecule has 0 atom stereocenters. The summed E-state index contributed by atoms with van der Waals surface area (Å²) in [6.07, 6.45) is 1.98. The Balaban J connectivity index is 2.80. The van der Waals surface area contributed by atoms with Gasteiger partial charge in [-0.25, -0.2) is 14.8 Å². The molecule has 0 saturated heterocycles. The van der Waals surface area contributed by atoms with Crippen LogP contribution in [0.1, 0.15) is 12.6 Å². The lowest BCUT2D eigenvalue weighted by Gasteiger charge is -2.06. The van der Waals surface area contributed by atoms with Crippen molar-refractivity contribution in [1.82, 2.24) is 9.97 Å². The van der Waals surface area contributed by atoms with Crippen molar-refractivity contribution in [2.24, 2.45) is 0 Å². The largest absolute Gasteiger partial charge is 0.479 e. The molecule has 1 N–H and O–H groups in total. The standard InChI is InChI=1S/C8H9ClN2O3/c1-2-5-6(14-4-7(12)13)3-10-8(9)11-5/h3H,2,4H2,1H3,(H,12,13). The summed E-state index contributed by atoms with van der Waals surface area (Å²) in [5.74, 6) is -0.679. The minimum Gasteiger partial charge on any atom is -0.479 e. The topological polar surface area (TPSA) is 72.3 Å². The number of hydrogen-bond acceptors (Lipinski definition) is 4. The first-order chi connectivity index (χ1) is 6.63. The monoisotopic (exact) mass is 216 g/mol. The van der Waals surface area contributed by atoms with E-state index in [1.807, 2.05) is 6.92 Å². The summed E-state index contributed by atoms with van der Waals surface area (Å²) in [6.45, 7) is 1.46. The van der Waals surface area contributed by atoms with Gasteiger partial charge in [0.25, 0.3) is 0 Å². The Labute approximate surface area is 85.7 Å². The van der Waals surface area contributed by atoms with Crippen molar-refractivity contribution in [1.29, 1.82) is 0 Å². The highest BCUT2D eigenvalue weighted by atomic mass is 35.5. The zero-order valence-corrected chi connectivity index (χ0v) is 8.28. The third-order valence-corrected chi connectivity index (χ3v) is 1.67. The van der Waals surface area contributed by atoms with Crippen LogP contribution in [-0.4, -0.2) is 27.7 Å². The zero-order valence-electron chi connectivity index (χ0n) is 7.53. The normalized spacial score (nSPS) is 9.86. The number of carboxylic acid groups (broad SMARTS) is 1. The van der Waals surface area contributed by atoms with E-state index in [0.29, 0.717) is 17.9 Å². The molecule has 0 unspecified atom stereocenters. The predicted octanol–water partition coefficient (Wildman–Crippen LogP) is 1.16. The number of halogens is 1. The van der Waals surface area contributed by atoms with Crippen LogP contribution in [0.4, 0.5) is 0 Å². The van der Waals surface area contributed by atoms with Gasteiger partial charge in [-0.1, -0.05) is 6.92 Å². The number of rotatable bonds is 4. The quantitative estimate of drug-likeness (QED) is 0.765. The van der Waals surface area contributed by atoms with Crippen molar-refractivity contribution >= 4 is 17.6 Å². The molecule has 0 aliphatic heterocycles. The summed E-state index contributed by atoms with van der Waals surface area (Å²) in [7, 11) is 0. The molecule has 6 heteroatoms. The number of carbonyl (C=O) groups is 1. The molecule has 14 heavy (non-hydrogen) atoms. The molecule has 1 rings (SSSR count). The molecular weight excluding hydrogens is 208 g/mol. The summed E-state index contributed by atoms with van der Waals surface area (Å²) < 4.78 is 4.96. The number of aliphatic carboxylic acids is 1. The maximum absolute atomic E-state index is 10.2. The summed E-state index contributed by atoms with van der Waals surface area (Å²) in [5, 5.41) is 8.53. The predicted molar refractivity (Wildman–Crippen MR) is 49.6 cm³/mol. The lowest BCUT2D eigenvalue weighted by Crippen LogP contribution is -2.11. The van der Waals surface area contributed by atoms with Crippen LogP contribution >= 0.6 is 11.6 Å². The zero-order chi connectivity index (χ0) is 10.6. The Morgan fingerprint density at radius 3 is 3.00 bits per heavy atom. The van der Waals surface area contributed by atoms with E-state index in [4.69, 9.17) is 21.4 Å². The SMILES string of the molecule is CCc1nc(Cl)ncc1OCC(=O)O. The summed E-state index contributed by atoms with van der Waals surface area (Å²) >= 11 is 5.56. The first-order valence-electron chi connectivity index (χ1n) is 3.99. The van der Waals surface area contributed by atoms with Crippen molar-refractivity contribution in [2.75, 3.05) is 6.61 Å². The average molecular weight is 217 g/mol. The number of ether oxygens (including phenoxy) is 1. The molecule has 5 nitrogen and oxygen atoms in total. The second-order valence-corrected chi connectivity index (χ2v) is 2.82. The van der Waals surface area contributed by atoms with Gasteiger partial charge in [0.2, 0.25) is 5.28 Å². The second kappa shape index (κ2) is 4.76. The van der Waals surface area contributed by atoms with Gasteiger partial charge >= 0.3 is 5.97 Å². The summed E-state index contributed by atoms with van der Waals surface area (Å²) in [4.78, 5) is 17.9. The smallest absolute Gasteiger partial charge is 0.341 e. The van der Waals surface area contributed by atoms with E-state index >= 15 is 0 Å². The van der Waals surface area contributed by atoms with Gasteiger partial charge in [-0.15, -0.1) is 0 Å². The Bertz CT molecular complexity index is 343. The molecule has 0 aliphatic rings. The number of aryl methyl sites for hydroxylation is 1. The fraction of sp³-hybridized carbons (Fsp3) is 0.375. The first kappa shape index (κ1) is 10.7. The molecule has 1 aromatic heterocycles. The van der Waals surface area contributed by atoms with Crippen molar-refractivity contribution in [3.63, 3.8) is 0 Å². The fourth-order valence-electron chi connectivity index (χ4n) is 0.895. The molecule has 0 spiro atoms. The molecule has 0 aromatic carbocycles. The van der Waals surface area contributed by atoms with E-state index in [0.717, 1.165) is 0 Å². The lowest BCUT2D eigenvalue weighted by atomic mass is 10.3. The molecule has 1 aromatic rings. The maximum atomic E-state index is 10.2. The van der Waals surface area contributed by atoms with Gasteiger partial charge < -0.3 is 9.84 Å². The van der Waals surface area contributed by atoms with Crippen LogP contribution in [0.3, 0.4) is 0 Å². The van der Waals surface area contributed by atoms with E-state index in [-0.39, 0.29) is 5.28 Å². The van der Waals surface area contributed by atoms with E-state index < -0.39 is 12.6 Å². The third-order valence-electron chi connectivity index (χ3n) is 1.49. The van der Waals surface area contributed by atoms with E-state index in [9.17, 15) is 4.79 Å². The van der Waals surface area contributed by atoms with Crippen LogP contribution < -0.4 is 4.74 Å². The van der Waals surface area contributed by atoms with Gasteiger partial charge in [-0.3, -0.25) is 0 Å². The number of nitrogens with zero attached hydrogens (tertiary/aromatic N) is 2. The highest BCUT2D eigenvalue weighted by molar-refractivity contribution is 6.28. The van der Waals surface area contributed by atoms with Gasteiger partial charge in [-0.05, 0) is 18.0 Å². The average Bonchev–Trinajstić information content (AvgIpc) is 2.15. The molecule has 76 valence electrons. The third kappa shape index (κ3) is 2.85. The van der Waals surface area contributed by atoms with Crippen LogP contribution in [0, 0.1) is 0 Å². The number of aromatic nitrogens is 2. The van der Waals surface area contributed by atoms with Crippen molar-refractivity contribution in [3.8, 4) is 5.75 Å². The summed E-state index contributed by atoms with van der Waals surface area (Å²) in [5.41, 5.74) is 0.603. The van der Waals surface area contributed by atoms with Crippen molar-refractivity contribution in [2.45, 2.75) is 13.3 Å². The van der Waals surface area contributed by atoms with Crippen molar-refractivity contribution in [3.05, 3.63) is 17.2 Å². The molecule has 0 saturated carbocycles. The Kier molecular flexibility index (Phi) is 3.64. The summed E-state index contributed by atoms with van der Waals surface area (Å²) in [6, 6.07) is 0. The van der Waals surface area contributed by atoms with Crippen LogP contribution in [0.25, 0.3) is 0 Å². The molecule has 0 fully saturated rings. The molecular formula is C8H9ClN2O3. The fourth-order valence-corrected chi connectivity index (χ4v) is 1.05. The van der Waals surface area contributed by atoms with Crippen LogP contribution in [0.5, 0.6) is 5.75 Å². The lowest BCUT2D eigenvalue weighted by molar-refractivity contribution is -0.139. The minimum absolute atomic E-state index is 0.129. The first-order valence-corrected chi connectivity index (χ1v) is 4.37. The number of carboxylic acids is 1. The Morgan fingerprint density at radius 2 is 2.43 bits per heavy atom. The Morgan fingerprint density at radius 1 is 1.71 bits per heavy atom.